The van der Waals surface area contributed by atoms with Crippen molar-refractivity contribution in [3.63, 3.8) is 0 Å². The number of nitrogens with one attached hydrogen (secondary N) is 1. The van der Waals surface area contributed by atoms with Crippen molar-refractivity contribution in [1.82, 2.24) is 14.8 Å². The number of hydrogen-bond acceptors (Lipinski definition) is 6. The van der Waals surface area contributed by atoms with Gasteiger partial charge in [0.2, 0.25) is 5.95 Å². The topological polar surface area (TPSA) is 106 Å². The number of ether oxygens (including phenoxy) is 1. The van der Waals surface area contributed by atoms with Crippen LogP contribution in [0.25, 0.3) is 11.1 Å². The molecule has 0 bridgehead atoms. The molecule has 1 amide bonds. The summed E-state index contributed by atoms with van der Waals surface area (Å²) in [6.45, 7) is 0.193. The van der Waals surface area contributed by atoms with Gasteiger partial charge in [0.15, 0.2) is 5.16 Å². The second kappa shape index (κ2) is 7.96. The van der Waals surface area contributed by atoms with Gasteiger partial charge in [0.05, 0.1) is 5.75 Å². The predicted molar refractivity (Wildman–Crippen MR) is 108 cm³/mol. The van der Waals surface area contributed by atoms with Gasteiger partial charge < -0.3 is 9.84 Å². The molecule has 4 rings (SSSR count). The minimum absolute atomic E-state index is 0.0330. The van der Waals surface area contributed by atoms with E-state index in [2.05, 4.69) is 39.8 Å². The number of aromatic nitrogens is 3. The first-order chi connectivity index (χ1) is 14.0. The molecule has 1 aliphatic carbocycles. The average Bonchev–Trinajstić information content (AvgIpc) is 3.23. The Morgan fingerprint density at radius 3 is 2.34 bits per heavy atom. The first kappa shape index (κ1) is 19.0. The summed E-state index contributed by atoms with van der Waals surface area (Å²) in [4.78, 5) is 23.0. The molecule has 148 valence electrons. The van der Waals surface area contributed by atoms with Crippen LogP contribution in [0.15, 0.2) is 53.7 Å². The number of anilines is 1. The fourth-order valence-electron chi connectivity index (χ4n) is 3.40. The fraction of sp³-hybridized carbons (Fsp3) is 0.200. The Morgan fingerprint density at radius 2 is 1.72 bits per heavy atom. The molecular weight excluding hydrogens is 392 g/mol. The highest BCUT2D eigenvalue weighted by Gasteiger charge is 2.29. The van der Waals surface area contributed by atoms with Gasteiger partial charge >= 0.3 is 12.1 Å². The zero-order chi connectivity index (χ0) is 20.4. The molecule has 0 unspecified atom stereocenters. The lowest BCUT2D eigenvalue weighted by molar-refractivity contribution is -0.133. The molecular formula is C20H18N4O4S. The summed E-state index contributed by atoms with van der Waals surface area (Å²) in [5, 5.41) is 19.5. The number of nitrogens with zero attached hydrogens (tertiary/aromatic N) is 3. The average molecular weight is 410 g/mol. The van der Waals surface area contributed by atoms with Gasteiger partial charge in [0, 0.05) is 13.0 Å². The van der Waals surface area contributed by atoms with Crippen molar-refractivity contribution in [3.8, 4) is 11.1 Å². The third kappa shape index (κ3) is 3.81. The molecule has 8 nitrogen and oxygen atoms in total. The van der Waals surface area contributed by atoms with E-state index in [0.717, 1.165) is 34.0 Å². The van der Waals surface area contributed by atoms with E-state index in [9.17, 15) is 9.59 Å². The van der Waals surface area contributed by atoms with Crippen LogP contribution in [0.2, 0.25) is 0 Å². The number of carbonyl (C=O) groups is 2. The van der Waals surface area contributed by atoms with Crippen molar-refractivity contribution < 1.29 is 19.4 Å². The van der Waals surface area contributed by atoms with Crippen LogP contribution in [0.3, 0.4) is 0 Å². The van der Waals surface area contributed by atoms with Gasteiger partial charge in [0.25, 0.3) is 0 Å². The summed E-state index contributed by atoms with van der Waals surface area (Å²) >= 11 is 1.02. The van der Waals surface area contributed by atoms with E-state index in [-0.39, 0.29) is 24.2 Å². The number of fused-ring (bicyclic) bond motifs is 3. The lowest BCUT2D eigenvalue weighted by atomic mass is 9.98. The number of hydrogen-bond donors (Lipinski definition) is 2. The van der Waals surface area contributed by atoms with E-state index >= 15 is 0 Å². The molecule has 2 N–H and O–H groups in total. The monoisotopic (exact) mass is 410 g/mol. The molecule has 3 aromatic rings. The van der Waals surface area contributed by atoms with Gasteiger partial charge in [0.1, 0.15) is 6.61 Å². The number of thioether (sulfide) groups is 1. The largest absolute Gasteiger partial charge is 0.481 e. The third-order valence-electron chi connectivity index (χ3n) is 4.72. The number of carboxylic acid groups (broad SMARTS) is 1. The van der Waals surface area contributed by atoms with Crippen molar-refractivity contribution in [2.24, 2.45) is 7.05 Å². The number of carbonyl (C=O) groups excluding carboxylic acids is 1. The highest BCUT2D eigenvalue weighted by Crippen LogP contribution is 2.44. The maximum absolute atomic E-state index is 12.3. The van der Waals surface area contributed by atoms with E-state index in [1.54, 1.807) is 7.05 Å². The van der Waals surface area contributed by atoms with E-state index in [1.807, 2.05) is 24.3 Å². The lowest BCUT2D eigenvalue weighted by Gasteiger charge is -2.14. The van der Waals surface area contributed by atoms with E-state index in [4.69, 9.17) is 9.84 Å². The SMILES string of the molecule is Cn1c(NC(=O)OCC2c3ccccc3-c3ccccc32)nnc1SCC(=O)O. The molecule has 2 aromatic carbocycles. The van der Waals surface area contributed by atoms with E-state index < -0.39 is 12.1 Å². The lowest BCUT2D eigenvalue weighted by Crippen LogP contribution is -2.19. The van der Waals surface area contributed by atoms with Gasteiger partial charge in [-0.05, 0) is 22.3 Å². The molecule has 1 aromatic heterocycles. The van der Waals surface area contributed by atoms with Crippen LogP contribution in [-0.4, -0.2) is 44.3 Å². The van der Waals surface area contributed by atoms with E-state index in [1.165, 1.54) is 4.57 Å². The maximum atomic E-state index is 12.3. The second-order valence-electron chi connectivity index (χ2n) is 6.50. The molecule has 0 saturated carbocycles. The third-order valence-corrected chi connectivity index (χ3v) is 5.72. The second-order valence-corrected chi connectivity index (χ2v) is 7.44. The molecule has 0 atom stereocenters. The number of rotatable bonds is 6. The Morgan fingerprint density at radius 1 is 1.10 bits per heavy atom. The summed E-state index contributed by atoms with van der Waals surface area (Å²) in [5.74, 6) is -0.940. The number of carboxylic acids is 1. The molecule has 29 heavy (non-hydrogen) atoms. The van der Waals surface area contributed by atoms with E-state index in [0.29, 0.717) is 5.16 Å². The van der Waals surface area contributed by atoms with Crippen LogP contribution in [0, 0.1) is 0 Å². The summed E-state index contributed by atoms with van der Waals surface area (Å²) in [6.07, 6.45) is -0.642. The molecule has 1 heterocycles. The van der Waals surface area contributed by atoms with Crippen LogP contribution in [0.4, 0.5) is 10.7 Å². The van der Waals surface area contributed by atoms with Gasteiger partial charge in [-0.15, -0.1) is 10.2 Å². The standard InChI is InChI=1S/C20H18N4O4S/c1-24-18(22-23-19(24)29-11-17(25)26)21-20(27)28-10-16-14-8-4-2-6-12(14)13-7-3-5-9-15(13)16/h2-9,16H,10-11H2,1H3,(H,25,26)(H,21,22,27). The summed E-state index contributed by atoms with van der Waals surface area (Å²) in [6, 6.07) is 16.2. The fourth-order valence-corrected chi connectivity index (χ4v) is 4.03. The quantitative estimate of drug-likeness (QED) is 0.600. The molecule has 0 saturated heterocycles. The van der Waals surface area contributed by atoms with Gasteiger partial charge in [-0.2, -0.15) is 0 Å². The van der Waals surface area contributed by atoms with Crippen LogP contribution in [-0.2, 0) is 16.6 Å². The Labute approximate surface area is 170 Å². The van der Waals surface area contributed by atoms with Crippen LogP contribution >= 0.6 is 11.8 Å². The first-order valence-corrected chi connectivity index (χ1v) is 9.89. The van der Waals surface area contributed by atoms with Gasteiger partial charge in [-0.3, -0.25) is 14.7 Å². The Bertz CT molecular complexity index is 1040. The minimum Gasteiger partial charge on any atom is -0.481 e. The highest BCUT2D eigenvalue weighted by atomic mass is 32.2. The van der Waals surface area contributed by atoms with Crippen molar-refractivity contribution in [2.45, 2.75) is 11.1 Å². The Hall–Kier alpha value is -3.33. The first-order valence-electron chi connectivity index (χ1n) is 8.90. The van der Waals surface area contributed by atoms with Crippen molar-refractivity contribution in [1.29, 1.82) is 0 Å². The normalized spacial score (nSPS) is 12.3. The predicted octanol–water partition coefficient (Wildman–Crippen LogP) is 3.35. The molecule has 0 spiro atoms. The number of amides is 1. The Balaban J connectivity index is 1.43. The highest BCUT2D eigenvalue weighted by molar-refractivity contribution is 7.99. The smallest absolute Gasteiger partial charge is 0.414 e. The molecule has 0 fully saturated rings. The minimum atomic E-state index is -0.955. The van der Waals surface area contributed by atoms with Gasteiger partial charge in [-0.1, -0.05) is 60.3 Å². The van der Waals surface area contributed by atoms with Crippen LogP contribution in [0.1, 0.15) is 17.0 Å². The van der Waals surface area contributed by atoms with Crippen LogP contribution in [0.5, 0.6) is 0 Å². The van der Waals surface area contributed by atoms with Gasteiger partial charge in [-0.25, -0.2) is 4.79 Å². The van der Waals surface area contributed by atoms with Crippen molar-refractivity contribution >= 4 is 29.8 Å². The molecule has 1 aliphatic rings. The summed E-state index contributed by atoms with van der Waals surface area (Å²) < 4.78 is 6.98. The summed E-state index contributed by atoms with van der Waals surface area (Å²) in [7, 11) is 1.64. The number of aliphatic carboxylic acids is 1. The summed E-state index contributed by atoms with van der Waals surface area (Å²) in [5.41, 5.74) is 4.58. The molecule has 0 radical (unpaired) electrons. The zero-order valence-electron chi connectivity index (χ0n) is 15.5. The number of benzene rings is 2. The molecule has 9 heteroatoms. The van der Waals surface area contributed by atoms with Crippen LogP contribution < -0.4 is 5.32 Å². The maximum Gasteiger partial charge on any atom is 0.414 e. The Kier molecular flexibility index (Phi) is 5.22. The van der Waals surface area contributed by atoms with Crippen molar-refractivity contribution in [3.05, 3.63) is 59.7 Å². The zero-order valence-corrected chi connectivity index (χ0v) is 16.3. The van der Waals surface area contributed by atoms with Crippen molar-refractivity contribution in [2.75, 3.05) is 17.7 Å². The molecule has 0 aliphatic heterocycles.